The molecule has 14 heavy (non-hydrogen) atoms. The van der Waals surface area contributed by atoms with Crippen LogP contribution in [-0.4, -0.2) is 20.6 Å². The van der Waals surface area contributed by atoms with Crippen molar-refractivity contribution in [1.29, 1.82) is 0 Å². The van der Waals surface area contributed by atoms with Crippen LogP contribution in [0.3, 0.4) is 0 Å². The zero-order valence-electron chi connectivity index (χ0n) is 7.27. The molecular formula is C8H7FNO3S. The van der Waals surface area contributed by atoms with Gasteiger partial charge in [0.1, 0.15) is 5.82 Å². The lowest BCUT2D eigenvalue weighted by atomic mass is 10.2. The maximum Gasteiger partial charge on any atom is 0.290 e. The summed E-state index contributed by atoms with van der Waals surface area (Å²) in [5.74, 6) is -1.88. The monoisotopic (exact) mass is 216 g/mol. The molecule has 0 aromatic heterocycles. The first-order chi connectivity index (χ1) is 6.40. The Morgan fingerprint density at radius 1 is 1.36 bits per heavy atom. The topological polar surface area (TPSA) is 65.3 Å². The van der Waals surface area contributed by atoms with Crippen molar-refractivity contribution in [3.8, 4) is 0 Å². The van der Waals surface area contributed by atoms with E-state index in [2.05, 4.69) is 4.72 Å². The van der Waals surface area contributed by atoms with E-state index in [0.717, 1.165) is 12.3 Å². The smallest absolute Gasteiger partial charge is 0.266 e. The molecule has 1 aromatic carbocycles. The highest BCUT2D eigenvalue weighted by atomic mass is 32.2. The van der Waals surface area contributed by atoms with E-state index in [0.29, 0.717) is 0 Å². The highest BCUT2D eigenvalue weighted by Crippen LogP contribution is 2.06. The van der Waals surface area contributed by atoms with E-state index < -0.39 is 21.7 Å². The van der Waals surface area contributed by atoms with Crippen LogP contribution in [0.25, 0.3) is 0 Å². The van der Waals surface area contributed by atoms with Crippen LogP contribution in [-0.2, 0) is 10.0 Å². The minimum atomic E-state index is -3.78. The molecule has 1 rings (SSSR count). The first kappa shape index (κ1) is 10.6. The fraction of sp³-hybridized carbons (Fsp3) is 0.125. The summed E-state index contributed by atoms with van der Waals surface area (Å²) in [5, 5.41) is 0. The number of carbonyl (C=O) groups excluding carboxylic acids is 1. The summed E-state index contributed by atoms with van der Waals surface area (Å²) in [6, 6.07) is 5.05. The number of hydrogen-bond donors (Lipinski definition) is 0. The minimum absolute atomic E-state index is 0.349. The van der Waals surface area contributed by atoms with Crippen molar-refractivity contribution in [2.45, 2.75) is 0 Å². The number of rotatable bonds is 2. The van der Waals surface area contributed by atoms with Gasteiger partial charge < -0.3 is 0 Å². The zero-order valence-corrected chi connectivity index (χ0v) is 8.08. The Morgan fingerprint density at radius 3 is 2.43 bits per heavy atom. The average Bonchev–Trinajstić information content (AvgIpc) is 2.01. The molecule has 0 unspecified atom stereocenters. The Labute approximate surface area is 80.8 Å². The number of halogens is 1. The quantitative estimate of drug-likeness (QED) is 0.724. The summed E-state index contributed by atoms with van der Waals surface area (Å²) in [7, 11) is -3.78. The molecule has 0 aliphatic carbocycles. The van der Waals surface area contributed by atoms with Gasteiger partial charge >= 0.3 is 0 Å². The lowest BCUT2D eigenvalue weighted by Crippen LogP contribution is -2.22. The molecule has 1 amide bonds. The average molecular weight is 216 g/mol. The van der Waals surface area contributed by atoms with E-state index >= 15 is 0 Å². The van der Waals surface area contributed by atoms with Gasteiger partial charge in [-0.2, -0.15) is 0 Å². The number of amides is 1. The predicted molar refractivity (Wildman–Crippen MR) is 47.7 cm³/mol. The van der Waals surface area contributed by atoms with Crippen molar-refractivity contribution in [2.75, 3.05) is 6.26 Å². The van der Waals surface area contributed by atoms with Crippen LogP contribution in [0.5, 0.6) is 0 Å². The van der Waals surface area contributed by atoms with E-state index in [1.165, 1.54) is 18.2 Å². The Balaban J connectivity index is 2.97. The first-order valence-electron chi connectivity index (χ1n) is 3.62. The van der Waals surface area contributed by atoms with Crippen molar-refractivity contribution in [1.82, 2.24) is 4.72 Å². The molecule has 1 aromatic rings. The molecule has 0 fully saturated rings. The van der Waals surface area contributed by atoms with Gasteiger partial charge in [0.05, 0.1) is 11.8 Å². The molecule has 6 heteroatoms. The second-order valence-electron chi connectivity index (χ2n) is 2.61. The third-order valence-corrected chi connectivity index (χ3v) is 1.85. The van der Waals surface area contributed by atoms with Gasteiger partial charge in [0, 0.05) is 0 Å². The van der Waals surface area contributed by atoms with Crippen molar-refractivity contribution in [3.05, 3.63) is 35.6 Å². The van der Waals surface area contributed by atoms with E-state index in [4.69, 9.17) is 0 Å². The van der Waals surface area contributed by atoms with Gasteiger partial charge in [-0.25, -0.2) is 12.8 Å². The molecule has 1 radical (unpaired) electrons. The van der Waals surface area contributed by atoms with E-state index in [9.17, 15) is 17.6 Å². The Hall–Kier alpha value is -1.43. The molecule has 0 atom stereocenters. The van der Waals surface area contributed by atoms with Crippen molar-refractivity contribution in [2.24, 2.45) is 0 Å². The Bertz CT molecular complexity index is 455. The van der Waals surface area contributed by atoms with Gasteiger partial charge in [0.15, 0.2) is 0 Å². The molecule has 0 saturated carbocycles. The lowest BCUT2D eigenvalue weighted by Gasteiger charge is -1.99. The van der Waals surface area contributed by atoms with Gasteiger partial charge in [-0.15, -0.1) is 4.72 Å². The Kier molecular flexibility index (Phi) is 2.85. The van der Waals surface area contributed by atoms with Gasteiger partial charge in [0.25, 0.3) is 15.9 Å². The van der Waals surface area contributed by atoms with Gasteiger partial charge in [-0.3, -0.25) is 4.79 Å². The molecular weight excluding hydrogens is 209 g/mol. The van der Waals surface area contributed by atoms with Crippen molar-refractivity contribution >= 4 is 15.9 Å². The minimum Gasteiger partial charge on any atom is -0.266 e. The highest BCUT2D eigenvalue weighted by molar-refractivity contribution is 7.89. The van der Waals surface area contributed by atoms with Crippen LogP contribution in [0.1, 0.15) is 10.4 Å². The molecule has 4 nitrogen and oxygen atoms in total. The van der Waals surface area contributed by atoms with Gasteiger partial charge in [-0.05, 0) is 12.1 Å². The molecule has 0 aliphatic heterocycles. The maximum atomic E-state index is 12.9. The summed E-state index contributed by atoms with van der Waals surface area (Å²) in [6.07, 6.45) is 0.770. The number of carbonyl (C=O) groups is 1. The van der Waals surface area contributed by atoms with E-state index in [-0.39, 0.29) is 5.56 Å². The summed E-state index contributed by atoms with van der Waals surface area (Å²) < 4.78 is 37.0. The number of nitrogens with zero attached hydrogens (tertiary/aromatic N) is 1. The summed E-state index contributed by atoms with van der Waals surface area (Å²) in [5.41, 5.74) is -0.349. The van der Waals surface area contributed by atoms with Crippen LogP contribution < -0.4 is 4.72 Å². The van der Waals surface area contributed by atoms with Crippen LogP contribution >= 0.6 is 0 Å². The van der Waals surface area contributed by atoms with Crippen molar-refractivity contribution < 1.29 is 17.6 Å². The standard InChI is InChI=1S/C8H7FNO3S/c1-14(12,13)10-8(11)6-4-2-3-5-7(6)9/h2-5H,1H3. The summed E-state index contributed by atoms with van der Waals surface area (Å²) in [6.45, 7) is 0. The first-order valence-corrected chi connectivity index (χ1v) is 5.47. The van der Waals surface area contributed by atoms with Crippen LogP contribution in [0.2, 0.25) is 0 Å². The second-order valence-corrected chi connectivity index (χ2v) is 4.26. The molecule has 75 valence electrons. The van der Waals surface area contributed by atoms with Crippen LogP contribution in [0, 0.1) is 5.82 Å². The molecule has 0 heterocycles. The third kappa shape index (κ3) is 2.81. The van der Waals surface area contributed by atoms with Crippen LogP contribution in [0.15, 0.2) is 24.3 Å². The third-order valence-electron chi connectivity index (χ3n) is 1.35. The lowest BCUT2D eigenvalue weighted by molar-refractivity contribution is 0.0974. The molecule has 0 N–H and O–H groups in total. The molecule has 0 aliphatic rings. The number of benzene rings is 1. The highest BCUT2D eigenvalue weighted by Gasteiger charge is 2.16. The SMILES string of the molecule is CS(=O)(=O)[N]C(=O)c1ccccc1F. The predicted octanol–water partition coefficient (Wildman–Crippen LogP) is 0.530. The van der Waals surface area contributed by atoms with Gasteiger partial charge in [-0.1, -0.05) is 12.1 Å². The second kappa shape index (κ2) is 3.75. The number of sulfonamides is 1. The fourth-order valence-corrected chi connectivity index (χ4v) is 1.23. The summed E-state index contributed by atoms with van der Waals surface area (Å²) in [4.78, 5) is 11.1. The fourth-order valence-electron chi connectivity index (χ4n) is 0.834. The largest absolute Gasteiger partial charge is 0.290 e. The normalized spacial score (nSPS) is 11.0. The Morgan fingerprint density at radius 2 is 1.93 bits per heavy atom. The molecule has 0 bridgehead atoms. The van der Waals surface area contributed by atoms with Crippen LogP contribution in [0.4, 0.5) is 4.39 Å². The van der Waals surface area contributed by atoms with Gasteiger partial charge in [0.2, 0.25) is 0 Å². The molecule has 0 saturated heterocycles. The van der Waals surface area contributed by atoms with E-state index in [1.807, 2.05) is 0 Å². The zero-order chi connectivity index (χ0) is 10.8. The molecule has 0 spiro atoms. The number of hydrogen-bond acceptors (Lipinski definition) is 3. The van der Waals surface area contributed by atoms with Crippen molar-refractivity contribution in [3.63, 3.8) is 0 Å². The summed E-state index contributed by atoms with van der Waals surface area (Å²) >= 11 is 0. The maximum absolute atomic E-state index is 12.9. The van der Waals surface area contributed by atoms with E-state index in [1.54, 1.807) is 0 Å².